The van der Waals surface area contributed by atoms with Crippen LogP contribution < -0.4 is 5.32 Å². The van der Waals surface area contributed by atoms with Gasteiger partial charge in [0.1, 0.15) is 5.69 Å². The second kappa shape index (κ2) is 5.71. The predicted octanol–water partition coefficient (Wildman–Crippen LogP) is 4.17. The number of hydrogen-bond donors (Lipinski definition) is 1. The molecule has 2 rings (SSSR count). The molecule has 0 radical (unpaired) electrons. The lowest BCUT2D eigenvalue weighted by atomic mass is 10.1. The first-order valence-electron chi connectivity index (χ1n) is 5.81. The Labute approximate surface area is 116 Å². The van der Waals surface area contributed by atoms with Crippen LogP contribution in [0.3, 0.4) is 0 Å². The van der Waals surface area contributed by atoms with Gasteiger partial charge >= 0.3 is 0 Å². The smallest absolute Gasteiger partial charge is 0.292 e. The monoisotopic (exact) mass is 276 g/mol. The topological polar surface area (TPSA) is 55.2 Å². The van der Waals surface area contributed by atoms with Crippen LogP contribution in [0.25, 0.3) is 0 Å². The number of nitrogens with zero attached hydrogens (tertiary/aromatic N) is 1. The molecule has 2 aromatic carbocycles. The molecule has 5 heteroatoms. The Morgan fingerprint density at radius 2 is 1.95 bits per heavy atom. The van der Waals surface area contributed by atoms with Crippen LogP contribution >= 0.6 is 11.6 Å². The van der Waals surface area contributed by atoms with Crippen molar-refractivity contribution in [2.24, 2.45) is 0 Å². The van der Waals surface area contributed by atoms with Gasteiger partial charge < -0.3 is 5.32 Å². The van der Waals surface area contributed by atoms with E-state index in [1.54, 1.807) is 12.1 Å². The molecule has 0 saturated heterocycles. The lowest BCUT2D eigenvalue weighted by Gasteiger charge is -2.10. The number of rotatable bonds is 4. The summed E-state index contributed by atoms with van der Waals surface area (Å²) in [6, 6.07) is 12.4. The second-order valence-corrected chi connectivity index (χ2v) is 4.58. The molecule has 0 unspecified atom stereocenters. The molecule has 0 saturated carbocycles. The zero-order valence-electron chi connectivity index (χ0n) is 10.4. The van der Waals surface area contributed by atoms with Crippen molar-refractivity contribution in [3.8, 4) is 0 Å². The van der Waals surface area contributed by atoms with Gasteiger partial charge in [0.05, 0.1) is 4.92 Å². The predicted molar refractivity (Wildman–Crippen MR) is 76.6 cm³/mol. The molecule has 0 aliphatic carbocycles. The summed E-state index contributed by atoms with van der Waals surface area (Å²) < 4.78 is 0. The number of aryl methyl sites for hydroxylation is 1. The molecule has 0 aliphatic rings. The fraction of sp³-hybridized carbons (Fsp3) is 0.143. The minimum Gasteiger partial charge on any atom is -0.375 e. The SMILES string of the molecule is Cc1cccc([N+](=O)[O-])c1NCc1ccccc1Cl. The molecule has 0 aromatic heterocycles. The van der Waals surface area contributed by atoms with Crippen LogP contribution in [0.1, 0.15) is 11.1 Å². The zero-order valence-corrected chi connectivity index (χ0v) is 11.1. The van der Waals surface area contributed by atoms with Crippen molar-refractivity contribution in [3.63, 3.8) is 0 Å². The van der Waals surface area contributed by atoms with Gasteiger partial charge in [0.15, 0.2) is 0 Å². The van der Waals surface area contributed by atoms with E-state index in [0.717, 1.165) is 11.1 Å². The Kier molecular flexibility index (Phi) is 4.02. The van der Waals surface area contributed by atoms with E-state index >= 15 is 0 Å². The van der Waals surface area contributed by atoms with Crippen LogP contribution in [0.4, 0.5) is 11.4 Å². The van der Waals surface area contributed by atoms with E-state index in [0.29, 0.717) is 17.3 Å². The van der Waals surface area contributed by atoms with E-state index in [4.69, 9.17) is 11.6 Å². The third kappa shape index (κ3) is 3.03. The van der Waals surface area contributed by atoms with Gasteiger partial charge in [-0.2, -0.15) is 0 Å². The van der Waals surface area contributed by atoms with Crippen molar-refractivity contribution < 1.29 is 4.92 Å². The highest BCUT2D eigenvalue weighted by Crippen LogP contribution is 2.28. The summed E-state index contributed by atoms with van der Waals surface area (Å²) in [6.45, 7) is 2.29. The molecule has 1 N–H and O–H groups in total. The van der Waals surface area contributed by atoms with Crippen molar-refractivity contribution in [2.75, 3.05) is 5.32 Å². The van der Waals surface area contributed by atoms with Gasteiger partial charge in [-0.15, -0.1) is 0 Å². The summed E-state index contributed by atoms with van der Waals surface area (Å²) in [4.78, 5) is 10.6. The van der Waals surface area contributed by atoms with Crippen molar-refractivity contribution in [1.82, 2.24) is 0 Å². The Balaban J connectivity index is 2.25. The third-order valence-electron chi connectivity index (χ3n) is 2.86. The van der Waals surface area contributed by atoms with Crippen LogP contribution in [0.2, 0.25) is 5.02 Å². The summed E-state index contributed by atoms with van der Waals surface area (Å²) in [5.41, 5.74) is 2.35. The summed E-state index contributed by atoms with van der Waals surface area (Å²) in [5.74, 6) is 0. The van der Waals surface area contributed by atoms with Gasteiger partial charge in [-0.25, -0.2) is 0 Å². The number of hydrogen-bond acceptors (Lipinski definition) is 3. The maximum atomic E-state index is 11.0. The number of nitro groups is 1. The Morgan fingerprint density at radius 1 is 1.21 bits per heavy atom. The average Bonchev–Trinajstić information content (AvgIpc) is 2.38. The summed E-state index contributed by atoms with van der Waals surface area (Å²) in [7, 11) is 0. The molecule has 0 fully saturated rings. The van der Waals surface area contributed by atoms with Crippen molar-refractivity contribution in [1.29, 1.82) is 0 Å². The number of nitrogens with one attached hydrogen (secondary N) is 1. The van der Waals surface area contributed by atoms with Crippen LogP contribution in [0, 0.1) is 17.0 Å². The number of nitro benzene ring substituents is 1. The van der Waals surface area contributed by atoms with Crippen molar-refractivity contribution in [3.05, 3.63) is 68.7 Å². The maximum absolute atomic E-state index is 11.0. The molecular formula is C14H13ClN2O2. The van der Waals surface area contributed by atoms with Crippen LogP contribution in [0.5, 0.6) is 0 Å². The minimum absolute atomic E-state index is 0.0760. The first-order chi connectivity index (χ1) is 9.09. The Morgan fingerprint density at radius 3 is 2.63 bits per heavy atom. The van der Waals surface area contributed by atoms with Crippen molar-refractivity contribution >= 4 is 23.0 Å². The fourth-order valence-corrected chi connectivity index (χ4v) is 2.06. The average molecular weight is 277 g/mol. The first-order valence-corrected chi connectivity index (χ1v) is 6.18. The van der Waals surface area contributed by atoms with E-state index in [9.17, 15) is 10.1 Å². The number of anilines is 1. The molecule has 0 bridgehead atoms. The van der Waals surface area contributed by atoms with E-state index in [1.165, 1.54) is 6.07 Å². The highest BCUT2D eigenvalue weighted by atomic mass is 35.5. The van der Waals surface area contributed by atoms with Gasteiger partial charge in [0.2, 0.25) is 0 Å². The van der Waals surface area contributed by atoms with E-state index in [-0.39, 0.29) is 10.6 Å². The number of benzene rings is 2. The molecule has 0 spiro atoms. The quantitative estimate of drug-likeness (QED) is 0.673. The Hall–Kier alpha value is -2.07. The lowest BCUT2D eigenvalue weighted by Crippen LogP contribution is -2.04. The summed E-state index contributed by atoms with van der Waals surface area (Å²) >= 11 is 6.06. The lowest BCUT2D eigenvalue weighted by molar-refractivity contribution is -0.384. The second-order valence-electron chi connectivity index (χ2n) is 4.17. The molecule has 0 amide bonds. The standard InChI is InChI=1S/C14H13ClN2O2/c1-10-5-4-8-13(17(18)19)14(10)16-9-11-6-2-3-7-12(11)15/h2-8,16H,9H2,1H3. The number of halogens is 1. The van der Waals surface area contributed by atoms with Gasteiger partial charge in [-0.05, 0) is 24.1 Å². The molecule has 98 valence electrons. The molecular weight excluding hydrogens is 264 g/mol. The van der Waals surface area contributed by atoms with Crippen LogP contribution in [0.15, 0.2) is 42.5 Å². The maximum Gasteiger partial charge on any atom is 0.292 e. The summed E-state index contributed by atoms with van der Waals surface area (Å²) in [5, 5.41) is 14.7. The van der Waals surface area contributed by atoms with Gasteiger partial charge in [-0.3, -0.25) is 10.1 Å². The molecule has 0 atom stereocenters. The van der Waals surface area contributed by atoms with Gasteiger partial charge in [0.25, 0.3) is 5.69 Å². The highest BCUT2D eigenvalue weighted by molar-refractivity contribution is 6.31. The number of para-hydroxylation sites is 1. The van der Waals surface area contributed by atoms with E-state index < -0.39 is 0 Å². The van der Waals surface area contributed by atoms with E-state index in [2.05, 4.69) is 5.32 Å². The van der Waals surface area contributed by atoms with Crippen molar-refractivity contribution in [2.45, 2.75) is 13.5 Å². The fourth-order valence-electron chi connectivity index (χ4n) is 1.86. The normalized spacial score (nSPS) is 10.2. The Bertz CT molecular complexity index is 614. The largest absolute Gasteiger partial charge is 0.375 e. The third-order valence-corrected chi connectivity index (χ3v) is 3.23. The summed E-state index contributed by atoms with van der Waals surface area (Å²) in [6.07, 6.45) is 0. The molecule has 4 nitrogen and oxygen atoms in total. The highest BCUT2D eigenvalue weighted by Gasteiger charge is 2.15. The molecule has 2 aromatic rings. The molecule has 19 heavy (non-hydrogen) atoms. The van der Waals surface area contributed by atoms with Crippen LogP contribution in [-0.4, -0.2) is 4.92 Å². The minimum atomic E-state index is -0.387. The molecule has 0 heterocycles. The van der Waals surface area contributed by atoms with Crippen LogP contribution in [-0.2, 0) is 6.54 Å². The molecule has 0 aliphatic heterocycles. The first kappa shape index (κ1) is 13.4. The van der Waals surface area contributed by atoms with Gasteiger partial charge in [0, 0.05) is 17.6 Å². The zero-order chi connectivity index (χ0) is 13.8. The van der Waals surface area contributed by atoms with Gasteiger partial charge in [-0.1, -0.05) is 41.9 Å². The van der Waals surface area contributed by atoms with E-state index in [1.807, 2.05) is 31.2 Å².